The van der Waals surface area contributed by atoms with Crippen molar-refractivity contribution in [1.82, 2.24) is 9.47 Å². The van der Waals surface area contributed by atoms with Gasteiger partial charge in [-0.1, -0.05) is 30.3 Å². The SMILES string of the molecule is CC(C)(C)OC(=O)c1ccc(Cn2c3c(c4ccccc42)C2CCN(C3)C2)cc1. The van der Waals surface area contributed by atoms with Crippen LogP contribution in [-0.4, -0.2) is 34.1 Å². The van der Waals surface area contributed by atoms with E-state index in [0.29, 0.717) is 11.5 Å². The van der Waals surface area contributed by atoms with Gasteiger partial charge in [-0.15, -0.1) is 0 Å². The molecule has 2 unspecified atom stereocenters. The molecule has 2 atom stereocenters. The minimum Gasteiger partial charge on any atom is -0.456 e. The van der Waals surface area contributed by atoms with Crippen LogP contribution in [0.25, 0.3) is 10.9 Å². The fraction of sp³-hybridized carbons (Fsp3) is 0.400. The zero-order chi connectivity index (χ0) is 20.2. The first-order chi connectivity index (χ1) is 13.9. The molecule has 0 spiro atoms. The number of nitrogens with zero attached hydrogens (tertiary/aromatic N) is 2. The number of carbonyl (C=O) groups is 1. The number of fused-ring (bicyclic) bond motifs is 6. The molecule has 150 valence electrons. The fourth-order valence-corrected chi connectivity index (χ4v) is 4.88. The molecule has 0 amide bonds. The Kier molecular flexibility index (Phi) is 4.28. The van der Waals surface area contributed by atoms with Crippen LogP contribution in [0.2, 0.25) is 0 Å². The number of hydrogen-bond acceptors (Lipinski definition) is 3. The molecule has 1 saturated heterocycles. The van der Waals surface area contributed by atoms with Gasteiger partial charge in [0, 0.05) is 42.1 Å². The van der Waals surface area contributed by atoms with Gasteiger partial charge in [0.2, 0.25) is 0 Å². The Hall–Kier alpha value is -2.59. The lowest BCUT2D eigenvalue weighted by Gasteiger charge is -2.25. The molecule has 2 bridgehead atoms. The molecule has 0 N–H and O–H groups in total. The molecule has 3 heterocycles. The molecule has 4 heteroatoms. The molecule has 4 nitrogen and oxygen atoms in total. The predicted molar refractivity (Wildman–Crippen MR) is 115 cm³/mol. The highest BCUT2D eigenvalue weighted by Gasteiger charge is 2.35. The van der Waals surface area contributed by atoms with E-state index in [2.05, 4.69) is 45.9 Å². The predicted octanol–water partition coefficient (Wildman–Crippen LogP) is 4.95. The second-order valence-electron chi connectivity index (χ2n) is 9.38. The lowest BCUT2D eigenvalue weighted by atomic mass is 9.93. The molecule has 3 aromatic rings. The van der Waals surface area contributed by atoms with Gasteiger partial charge in [-0.2, -0.15) is 0 Å². The third-order valence-corrected chi connectivity index (χ3v) is 6.10. The van der Waals surface area contributed by atoms with E-state index in [4.69, 9.17) is 4.74 Å². The Bertz CT molecular complexity index is 1070. The van der Waals surface area contributed by atoms with E-state index in [9.17, 15) is 4.79 Å². The van der Waals surface area contributed by atoms with Gasteiger partial charge in [-0.05, 0) is 63.1 Å². The van der Waals surface area contributed by atoms with Crippen LogP contribution < -0.4 is 0 Å². The highest BCUT2D eigenvalue weighted by Crippen LogP contribution is 2.42. The first-order valence-corrected chi connectivity index (χ1v) is 10.5. The van der Waals surface area contributed by atoms with Crippen molar-refractivity contribution in [3.8, 4) is 0 Å². The molecule has 29 heavy (non-hydrogen) atoms. The summed E-state index contributed by atoms with van der Waals surface area (Å²) in [6.07, 6.45) is 1.27. The molecule has 1 aromatic heterocycles. The lowest BCUT2D eigenvalue weighted by Crippen LogP contribution is -2.26. The van der Waals surface area contributed by atoms with E-state index >= 15 is 0 Å². The van der Waals surface area contributed by atoms with Crippen molar-refractivity contribution in [1.29, 1.82) is 0 Å². The van der Waals surface area contributed by atoms with E-state index in [1.54, 1.807) is 5.56 Å². The summed E-state index contributed by atoms with van der Waals surface area (Å²) in [6.45, 7) is 9.94. The van der Waals surface area contributed by atoms with E-state index in [1.807, 2.05) is 32.9 Å². The quantitative estimate of drug-likeness (QED) is 0.596. The number of esters is 1. The third kappa shape index (κ3) is 3.36. The second-order valence-corrected chi connectivity index (χ2v) is 9.38. The summed E-state index contributed by atoms with van der Waals surface area (Å²) >= 11 is 0. The Morgan fingerprint density at radius 1 is 1.10 bits per heavy atom. The molecule has 0 saturated carbocycles. The van der Waals surface area contributed by atoms with Gasteiger partial charge >= 0.3 is 5.97 Å². The maximum Gasteiger partial charge on any atom is 0.338 e. The minimum atomic E-state index is -0.479. The van der Waals surface area contributed by atoms with Crippen molar-refractivity contribution >= 4 is 16.9 Å². The van der Waals surface area contributed by atoms with E-state index in [0.717, 1.165) is 13.1 Å². The minimum absolute atomic E-state index is 0.266. The molecule has 2 aromatic carbocycles. The highest BCUT2D eigenvalue weighted by molar-refractivity contribution is 5.90. The number of carbonyl (C=O) groups excluding carboxylic acids is 1. The topological polar surface area (TPSA) is 34.5 Å². The van der Waals surface area contributed by atoms with Crippen LogP contribution in [0.3, 0.4) is 0 Å². The molecule has 5 rings (SSSR count). The molecular weight excluding hydrogens is 360 g/mol. The lowest BCUT2D eigenvalue weighted by molar-refractivity contribution is 0.00695. The van der Waals surface area contributed by atoms with Gasteiger partial charge in [-0.25, -0.2) is 4.79 Å². The number of para-hydroxylation sites is 1. The van der Waals surface area contributed by atoms with Gasteiger partial charge in [-0.3, -0.25) is 4.90 Å². The molecule has 1 fully saturated rings. The van der Waals surface area contributed by atoms with E-state index in [1.165, 1.54) is 41.7 Å². The normalized spacial score (nSPS) is 20.7. The smallest absolute Gasteiger partial charge is 0.338 e. The van der Waals surface area contributed by atoms with Gasteiger partial charge in [0.15, 0.2) is 0 Å². The number of benzene rings is 2. The first-order valence-electron chi connectivity index (χ1n) is 10.5. The fourth-order valence-electron chi connectivity index (χ4n) is 4.88. The van der Waals surface area contributed by atoms with Crippen LogP contribution in [0.1, 0.15) is 60.3 Å². The number of ether oxygens (including phenoxy) is 1. The Labute approximate surface area is 172 Å². The van der Waals surface area contributed by atoms with Crippen LogP contribution >= 0.6 is 0 Å². The number of aromatic nitrogens is 1. The summed E-state index contributed by atoms with van der Waals surface area (Å²) in [6, 6.07) is 16.7. The number of rotatable bonds is 3. The summed E-state index contributed by atoms with van der Waals surface area (Å²) in [5.74, 6) is 0.400. The Morgan fingerprint density at radius 2 is 1.86 bits per heavy atom. The summed E-state index contributed by atoms with van der Waals surface area (Å²) in [5, 5.41) is 1.42. The van der Waals surface area contributed by atoms with Gasteiger partial charge < -0.3 is 9.30 Å². The average molecular weight is 389 g/mol. The van der Waals surface area contributed by atoms with Crippen molar-refractivity contribution in [2.75, 3.05) is 13.1 Å². The van der Waals surface area contributed by atoms with Gasteiger partial charge in [0.1, 0.15) is 5.60 Å². The van der Waals surface area contributed by atoms with Crippen LogP contribution in [0, 0.1) is 0 Å². The maximum atomic E-state index is 12.3. The largest absolute Gasteiger partial charge is 0.456 e. The zero-order valence-electron chi connectivity index (χ0n) is 17.4. The second kappa shape index (κ2) is 6.74. The summed E-state index contributed by atoms with van der Waals surface area (Å²) in [7, 11) is 0. The average Bonchev–Trinajstić information content (AvgIpc) is 3.21. The molecule has 2 aliphatic heterocycles. The standard InChI is InChI=1S/C25H28N2O2/c1-25(2,3)29-24(28)18-10-8-17(9-11-18)14-27-21-7-5-4-6-20(21)23-19-12-13-26(15-19)16-22(23)27/h4-11,19H,12-16H2,1-3H3. The van der Waals surface area contributed by atoms with Crippen LogP contribution in [0.4, 0.5) is 0 Å². The van der Waals surface area contributed by atoms with E-state index < -0.39 is 5.60 Å². The van der Waals surface area contributed by atoms with Crippen LogP contribution in [-0.2, 0) is 17.8 Å². The van der Waals surface area contributed by atoms with Crippen molar-refractivity contribution in [2.45, 2.75) is 51.8 Å². The Morgan fingerprint density at radius 3 is 2.62 bits per heavy atom. The molecular formula is C25H28N2O2. The van der Waals surface area contributed by atoms with Gasteiger partial charge in [0.05, 0.1) is 5.56 Å². The zero-order valence-corrected chi connectivity index (χ0v) is 17.4. The maximum absolute atomic E-state index is 12.3. The monoisotopic (exact) mass is 388 g/mol. The highest BCUT2D eigenvalue weighted by atomic mass is 16.6. The van der Waals surface area contributed by atoms with Crippen molar-refractivity contribution < 1.29 is 9.53 Å². The summed E-state index contributed by atoms with van der Waals surface area (Å²) in [5.41, 5.74) is 5.69. The molecule has 2 aliphatic rings. The van der Waals surface area contributed by atoms with Gasteiger partial charge in [0.25, 0.3) is 0 Å². The molecule has 0 aliphatic carbocycles. The summed E-state index contributed by atoms with van der Waals surface area (Å²) < 4.78 is 7.97. The van der Waals surface area contributed by atoms with Crippen molar-refractivity contribution in [3.63, 3.8) is 0 Å². The Balaban J connectivity index is 1.47. The third-order valence-electron chi connectivity index (χ3n) is 6.10. The molecule has 0 radical (unpaired) electrons. The van der Waals surface area contributed by atoms with Crippen molar-refractivity contribution in [2.24, 2.45) is 0 Å². The summed E-state index contributed by atoms with van der Waals surface area (Å²) in [4.78, 5) is 14.9. The van der Waals surface area contributed by atoms with Crippen LogP contribution in [0.15, 0.2) is 48.5 Å². The first kappa shape index (κ1) is 18.4. The van der Waals surface area contributed by atoms with Crippen molar-refractivity contribution in [3.05, 3.63) is 70.9 Å². The number of hydrogen-bond donors (Lipinski definition) is 0. The van der Waals surface area contributed by atoms with Crippen LogP contribution in [0.5, 0.6) is 0 Å². The van der Waals surface area contributed by atoms with E-state index in [-0.39, 0.29) is 5.97 Å².